The van der Waals surface area contributed by atoms with Crippen LogP contribution < -0.4 is 0 Å². The van der Waals surface area contributed by atoms with Crippen LogP contribution in [-0.4, -0.2) is 30.7 Å². The van der Waals surface area contributed by atoms with E-state index in [0.29, 0.717) is 13.2 Å². The van der Waals surface area contributed by atoms with E-state index in [9.17, 15) is 0 Å². The van der Waals surface area contributed by atoms with E-state index in [4.69, 9.17) is 14.6 Å². The summed E-state index contributed by atoms with van der Waals surface area (Å²) in [6, 6.07) is 0. The van der Waals surface area contributed by atoms with Crippen LogP contribution in [0, 0.1) is 0 Å². The Morgan fingerprint density at radius 1 is 1.40 bits per heavy atom. The quantitative estimate of drug-likeness (QED) is 0.541. The zero-order valence-electron chi connectivity index (χ0n) is 6.25. The maximum absolute atomic E-state index is 9.15. The summed E-state index contributed by atoms with van der Waals surface area (Å²) < 4.78 is 10.3. The van der Waals surface area contributed by atoms with Gasteiger partial charge in [0.1, 0.15) is 0 Å². The summed E-state index contributed by atoms with van der Waals surface area (Å²) in [5, 5.41) is 9.15. The average molecular weight is 146 g/mol. The molecule has 0 aliphatic carbocycles. The molecule has 0 aromatic rings. The number of rotatable bonds is 0. The fourth-order valence-corrected chi connectivity index (χ4v) is 0.946. The smallest absolute Gasteiger partial charge is 0.154 e. The van der Waals surface area contributed by atoms with Gasteiger partial charge >= 0.3 is 0 Å². The lowest BCUT2D eigenvalue weighted by Gasteiger charge is -2.20. The van der Waals surface area contributed by atoms with Gasteiger partial charge < -0.3 is 14.6 Å². The van der Waals surface area contributed by atoms with Crippen molar-refractivity contribution in [3.05, 3.63) is 0 Å². The Balaban J connectivity index is 2.23. The van der Waals surface area contributed by atoms with Gasteiger partial charge in [0.05, 0.1) is 12.7 Å². The summed E-state index contributed by atoms with van der Waals surface area (Å²) in [5.74, 6) is 0. The van der Waals surface area contributed by atoms with Crippen LogP contribution in [0.3, 0.4) is 0 Å². The van der Waals surface area contributed by atoms with Gasteiger partial charge in [0, 0.05) is 6.61 Å². The van der Waals surface area contributed by atoms with Gasteiger partial charge in [-0.25, -0.2) is 0 Å². The van der Waals surface area contributed by atoms with Crippen molar-refractivity contribution in [2.45, 2.75) is 32.2 Å². The first-order valence-corrected chi connectivity index (χ1v) is 3.70. The van der Waals surface area contributed by atoms with E-state index in [0.717, 1.165) is 12.8 Å². The van der Waals surface area contributed by atoms with Crippen LogP contribution in [0.5, 0.6) is 0 Å². The molecule has 0 saturated carbocycles. The molecule has 10 heavy (non-hydrogen) atoms. The highest BCUT2D eigenvalue weighted by atomic mass is 16.7. The molecule has 1 saturated heterocycles. The third-order valence-corrected chi connectivity index (χ3v) is 1.56. The van der Waals surface area contributed by atoms with Crippen molar-refractivity contribution in [1.82, 2.24) is 0 Å². The highest BCUT2D eigenvalue weighted by Gasteiger charge is 2.11. The molecule has 3 nitrogen and oxygen atoms in total. The Morgan fingerprint density at radius 3 is 3.00 bits per heavy atom. The van der Waals surface area contributed by atoms with E-state index in [1.165, 1.54) is 0 Å². The minimum absolute atomic E-state index is 0.157. The second-order valence-electron chi connectivity index (χ2n) is 2.57. The topological polar surface area (TPSA) is 38.7 Å². The molecule has 0 aromatic heterocycles. The van der Waals surface area contributed by atoms with Gasteiger partial charge in [0.15, 0.2) is 6.29 Å². The van der Waals surface area contributed by atoms with Crippen LogP contribution >= 0.6 is 0 Å². The SMILES string of the molecule is C[C@@H]1OCCC[C@@H](O)CO1. The molecule has 0 aromatic carbocycles. The van der Waals surface area contributed by atoms with Crippen molar-refractivity contribution >= 4 is 0 Å². The molecule has 0 bridgehead atoms. The molecule has 0 spiro atoms. The fraction of sp³-hybridized carbons (Fsp3) is 1.00. The van der Waals surface area contributed by atoms with E-state index in [1.54, 1.807) is 0 Å². The van der Waals surface area contributed by atoms with E-state index < -0.39 is 0 Å². The van der Waals surface area contributed by atoms with Crippen LogP contribution in [0.15, 0.2) is 0 Å². The largest absolute Gasteiger partial charge is 0.391 e. The maximum atomic E-state index is 9.15. The summed E-state index contributed by atoms with van der Waals surface area (Å²) in [5.41, 5.74) is 0. The Kier molecular flexibility index (Phi) is 3.12. The van der Waals surface area contributed by atoms with Crippen molar-refractivity contribution in [2.24, 2.45) is 0 Å². The van der Waals surface area contributed by atoms with Crippen molar-refractivity contribution in [2.75, 3.05) is 13.2 Å². The number of aliphatic hydroxyl groups is 1. The predicted octanol–water partition coefficient (Wildman–Crippen LogP) is 0.520. The zero-order valence-corrected chi connectivity index (χ0v) is 6.25. The minimum Gasteiger partial charge on any atom is -0.391 e. The van der Waals surface area contributed by atoms with E-state index >= 15 is 0 Å². The molecular formula is C7H14O3. The van der Waals surface area contributed by atoms with E-state index in [-0.39, 0.29) is 12.4 Å². The van der Waals surface area contributed by atoms with Crippen molar-refractivity contribution in [3.8, 4) is 0 Å². The molecule has 1 N–H and O–H groups in total. The van der Waals surface area contributed by atoms with Crippen LogP contribution in [-0.2, 0) is 9.47 Å². The predicted molar refractivity (Wildman–Crippen MR) is 36.6 cm³/mol. The molecule has 3 heteroatoms. The molecular weight excluding hydrogens is 132 g/mol. The first-order chi connectivity index (χ1) is 4.79. The normalized spacial score (nSPS) is 36.6. The van der Waals surface area contributed by atoms with Gasteiger partial charge in [-0.05, 0) is 19.8 Å². The molecule has 60 valence electrons. The Morgan fingerprint density at radius 2 is 2.20 bits per heavy atom. The number of hydrogen-bond donors (Lipinski definition) is 1. The molecule has 1 rings (SSSR count). The van der Waals surface area contributed by atoms with Crippen molar-refractivity contribution < 1.29 is 14.6 Å². The number of aliphatic hydroxyl groups excluding tert-OH is 1. The zero-order chi connectivity index (χ0) is 7.40. The standard InChI is InChI=1S/C7H14O3/c1-6-9-4-2-3-7(8)5-10-6/h6-8H,2-5H2,1H3/t6-,7-/m1/s1. The first kappa shape index (κ1) is 7.98. The minimum atomic E-state index is -0.300. The van der Waals surface area contributed by atoms with Gasteiger partial charge in [-0.1, -0.05) is 0 Å². The summed E-state index contributed by atoms with van der Waals surface area (Å²) >= 11 is 0. The maximum Gasteiger partial charge on any atom is 0.154 e. The first-order valence-electron chi connectivity index (χ1n) is 3.70. The number of ether oxygens (including phenoxy) is 2. The Hall–Kier alpha value is -0.120. The molecule has 0 radical (unpaired) electrons. The third kappa shape index (κ3) is 2.64. The lowest BCUT2D eigenvalue weighted by Crippen LogP contribution is -2.25. The Bertz CT molecular complexity index is 82.9. The monoisotopic (exact) mass is 146 g/mol. The van der Waals surface area contributed by atoms with Gasteiger partial charge in [-0.15, -0.1) is 0 Å². The van der Waals surface area contributed by atoms with Gasteiger partial charge in [0.25, 0.3) is 0 Å². The van der Waals surface area contributed by atoms with Crippen LogP contribution in [0.25, 0.3) is 0 Å². The molecule has 0 amide bonds. The fourth-order valence-electron chi connectivity index (χ4n) is 0.946. The average Bonchev–Trinajstić information content (AvgIpc) is 1.90. The summed E-state index contributed by atoms with van der Waals surface area (Å²) in [4.78, 5) is 0. The lowest BCUT2D eigenvalue weighted by atomic mass is 10.2. The summed E-state index contributed by atoms with van der Waals surface area (Å²) in [6.07, 6.45) is 1.25. The van der Waals surface area contributed by atoms with Crippen molar-refractivity contribution in [3.63, 3.8) is 0 Å². The lowest BCUT2D eigenvalue weighted by molar-refractivity contribution is -0.160. The van der Waals surface area contributed by atoms with Crippen LogP contribution in [0.2, 0.25) is 0 Å². The van der Waals surface area contributed by atoms with Crippen LogP contribution in [0.1, 0.15) is 19.8 Å². The van der Waals surface area contributed by atoms with E-state index in [1.807, 2.05) is 6.92 Å². The molecule has 2 atom stereocenters. The molecule has 0 unspecified atom stereocenters. The van der Waals surface area contributed by atoms with Gasteiger partial charge in [0.2, 0.25) is 0 Å². The third-order valence-electron chi connectivity index (χ3n) is 1.56. The highest BCUT2D eigenvalue weighted by molar-refractivity contribution is 4.56. The summed E-state index contributed by atoms with van der Waals surface area (Å²) in [7, 11) is 0. The van der Waals surface area contributed by atoms with Crippen molar-refractivity contribution in [1.29, 1.82) is 0 Å². The Labute approximate surface area is 60.9 Å². The molecule has 1 fully saturated rings. The second kappa shape index (κ2) is 3.91. The molecule has 1 heterocycles. The molecule has 1 aliphatic rings. The van der Waals surface area contributed by atoms with Crippen LogP contribution in [0.4, 0.5) is 0 Å². The molecule has 1 aliphatic heterocycles. The second-order valence-corrected chi connectivity index (χ2v) is 2.57. The van der Waals surface area contributed by atoms with Gasteiger partial charge in [-0.3, -0.25) is 0 Å². The van der Waals surface area contributed by atoms with E-state index in [2.05, 4.69) is 0 Å². The van der Waals surface area contributed by atoms with Gasteiger partial charge in [-0.2, -0.15) is 0 Å². The summed E-state index contributed by atoms with van der Waals surface area (Å²) in [6.45, 7) is 2.94. The number of hydrogen-bond acceptors (Lipinski definition) is 3. The highest BCUT2D eigenvalue weighted by Crippen LogP contribution is 2.06.